The fourth-order valence-corrected chi connectivity index (χ4v) is 2.62. The van der Waals surface area contributed by atoms with Crippen LogP contribution >= 0.6 is 0 Å². The van der Waals surface area contributed by atoms with Crippen LogP contribution in [0.1, 0.15) is 20.7 Å². The maximum atomic E-state index is 11.9. The standard InChI is InChI=1S/C19H19NO5/c1-23-8-9-24-10-11-25-17-5-3-2-4-14(17)13-6-7-15-16(12-13)19(22)20-18(15)21/h2-7,12H,8-11H2,1H3,(H,20,21,22). The molecule has 1 aliphatic rings. The van der Waals surface area contributed by atoms with Gasteiger partial charge in [-0.2, -0.15) is 0 Å². The van der Waals surface area contributed by atoms with Crippen LogP contribution in [-0.4, -0.2) is 45.4 Å². The Morgan fingerprint density at radius 2 is 1.60 bits per heavy atom. The number of imide groups is 1. The zero-order valence-electron chi connectivity index (χ0n) is 13.9. The summed E-state index contributed by atoms with van der Waals surface area (Å²) in [5, 5.41) is 2.30. The summed E-state index contributed by atoms with van der Waals surface area (Å²) in [4.78, 5) is 23.5. The number of amides is 2. The summed E-state index contributed by atoms with van der Waals surface area (Å²) in [7, 11) is 1.63. The molecule has 0 aliphatic carbocycles. The summed E-state index contributed by atoms with van der Waals surface area (Å²) >= 11 is 0. The quantitative estimate of drug-likeness (QED) is 0.589. The zero-order valence-corrected chi connectivity index (χ0v) is 13.9. The van der Waals surface area contributed by atoms with Gasteiger partial charge in [0, 0.05) is 12.7 Å². The number of hydrogen-bond acceptors (Lipinski definition) is 5. The topological polar surface area (TPSA) is 73.9 Å². The van der Waals surface area contributed by atoms with Gasteiger partial charge in [0.05, 0.1) is 30.9 Å². The lowest BCUT2D eigenvalue weighted by Gasteiger charge is -2.12. The van der Waals surface area contributed by atoms with Crippen LogP contribution in [0.25, 0.3) is 11.1 Å². The smallest absolute Gasteiger partial charge is 0.258 e. The maximum absolute atomic E-state index is 11.9. The monoisotopic (exact) mass is 341 g/mol. The molecule has 1 aliphatic heterocycles. The van der Waals surface area contributed by atoms with Crippen molar-refractivity contribution in [2.75, 3.05) is 33.5 Å². The van der Waals surface area contributed by atoms with Gasteiger partial charge in [-0.05, 0) is 23.8 Å². The van der Waals surface area contributed by atoms with E-state index < -0.39 is 0 Å². The minimum Gasteiger partial charge on any atom is -0.491 e. The fraction of sp³-hybridized carbons (Fsp3) is 0.263. The van der Waals surface area contributed by atoms with E-state index in [-0.39, 0.29) is 11.8 Å². The number of rotatable bonds is 8. The summed E-state index contributed by atoms with van der Waals surface area (Å²) < 4.78 is 16.1. The van der Waals surface area contributed by atoms with Crippen molar-refractivity contribution in [1.82, 2.24) is 5.32 Å². The van der Waals surface area contributed by atoms with E-state index >= 15 is 0 Å². The molecule has 2 amide bonds. The van der Waals surface area contributed by atoms with Gasteiger partial charge < -0.3 is 14.2 Å². The molecule has 0 saturated carbocycles. The molecule has 6 nitrogen and oxygen atoms in total. The van der Waals surface area contributed by atoms with Gasteiger partial charge in [-0.15, -0.1) is 0 Å². The highest BCUT2D eigenvalue weighted by molar-refractivity contribution is 6.21. The number of fused-ring (bicyclic) bond motifs is 1. The fourth-order valence-electron chi connectivity index (χ4n) is 2.62. The molecule has 3 rings (SSSR count). The van der Waals surface area contributed by atoms with Crippen LogP contribution in [0.2, 0.25) is 0 Å². The van der Waals surface area contributed by atoms with E-state index in [9.17, 15) is 9.59 Å². The summed E-state index contributed by atoms with van der Waals surface area (Å²) in [5.41, 5.74) is 2.47. The third kappa shape index (κ3) is 3.87. The van der Waals surface area contributed by atoms with Gasteiger partial charge >= 0.3 is 0 Å². The highest BCUT2D eigenvalue weighted by atomic mass is 16.5. The van der Waals surface area contributed by atoms with Crippen LogP contribution in [0.5, 0.6) is 5.75 Å². The lowest BCUT2D eigenvalue weighted by molar-refractivity contribution is 0.0545. The Morgan fingerprint density at radius 1 is 0.840 bits per heavy atom. The van der Waals surface area contributed by atoms with Crippen LogP contribution in [0.3, 0.4) is 0 Å². The second kappa shape index (κ2) is 7.92. The minimum absolute atomic E-state index is 0.357. The van der Waals surface area contributed by atoms with E-state index in [0.29, 0.717) is 43.3 Å². The molecule has 6 heteroatoms. The Kier molecular flexibility index (Phi) is 5.42. The average molecular weight is 341 g/mol. The molecule has 0 spiro atoms. The second-order valence-corrected chi connectivity index (χ2v) is 5.49. The normalized spacial score (nSPS) is 12.8. The van der Waals surface area contributed by atoms with Gasteiger partial charge in [0.15, 0.2) is 0 Å². The van der Waals surface area contributed by atoms with Crippen molar-refractivity contribution in [3.63, 3.8) is 0 Å². The third-order valence-corrected chi connectivity index (χ3v) is 3.85. The highest BCUT2D eigenvalue weighted by Gasteiger charge is 2.27. The average Bonchev–Trinajstić information content (AvgIpc) is 2.92. The van der Waals surface area contributed by atoms with Crippen molar-refractivity contribution in [2.45, 2.75) is 0 Å². The molecule has 2 aromatic rings. The molecule has 130 valence electrons. The molecule has 0 atom stereocenters. The SMILES string of the molecule is COCCOCCOc1ccccc1-c1ccc2c(c1)C(=O)NC2=O. The molecule has 0 saturated heterocycles. The summed E-state index contributed by atoms with van der Waals surface area (Å²) in [6.45, 7) is 1.94. The Bertz CT molecular complexity index is 787. The Hall–Kier alpha value is -2.70. The van der Waals surface area contributed by atoms with E-state index in [1.807, 2.05) is 30.3 Å². The van der Waals surface area contributed by atoms with Gasteiger partial charge in [0.2, 0.25) is 0 Å². The number of benzene rings is 2. The van der Waals surface area contributed by atoms with Crippen LogP contribution in [0.4, 0.5) is 0 Å². The van der Waals surface area contributed by atoms with Crippen LogP contribution in [0, 0.1) is 0 Å². The number of carbonyl (C=O) groups is 2. The number of hydrogen-bond donors (Lipinski definition) is 1. The summed E-state index contributed by atoms with van der Waals surface area (Å²) in [6, 6.07) is 12.8. The van der Waals surface area contributed by atoms with Crippen molar-refractivity contribution in [1.29, 1.82) is 0 Å². The van der Waals surface area contributed by atoms with E-state index in [0.717, 1.165) is 11.1 Å². The molecular formula is C19H19NO5. The summed E-state index contributed by atoms with van der Waals surface area (Å²) in [5.74, 6) is -0.0291. The Balaban J connectivity index is 1.74. The molecule has 2 aromatic carbocycles. The molecule has 0 radical (unpaired) electrons. The third-order valence-electron chi connectivity index (χ3n) is 3.85. The molecule has 0 aromatic heterocycles. The molecule has 25 heavy (non-hydrogen) atoms. The summed E-state index contributed by atoms with van der Waals surface area (Å²) in [6.07, 6.45) is 0. The van der Waals surface area contributed by atoms with E-state index in [4.69, 9.17) is 14.2 Å². The number of ether oxygens (including phenoxy) is 3. The minimum atomic E-state index is -0.369. The first-order valence-electron chi connectivity index (χ1n) is 7.99. The molecule has 1 heterocycles. The van der Waals surface area contributed by atoms with Crippen molar-refractivity contribution < 1.29 is 23.8 Å². The molecule has 0 fully saturated rings. The Labute approximate surface area is 145 Å². The van der Waals surface area contributed by atoms with Crippen LogP contribution < -0.4 is 10.1 Å². The van der Waals surface area contributed by atoms with Crippen LogP contribution in [0.15, 0.2) is 42.5 Å². The molecular weight excluding hydrogens is 322 g/mol. The van der Waals surface area contributed by atoms with Crippen molar-refractivity contribution in [3.05, 3.63) is 53.6 Å². The van der Waals surface area contributed by atoms with Gasteiger partial charge in [0.25, 0.3) is 11.8 Å². The molecule has 0 bridgehead atoms. The lowest BCUT2D eigenvalue weighted by atomic mass is 9.99. The van der Waals surface area contributed by atoms with Gasteiger partial charge in [-0.3, -0.25) is 14.9 Å². The number of methoxy groups -OCH3 is 1. The number of para-hydroxylation sites is 1. The van der Waals surface area contributed by atoms with Crippen molar-refractivity contribution in [2.24, 2.45) is 0 Å². The van der Waals surface area contributed by atoms with Crippen molar-refractivity contribution >= 4 is 11.8 Å². The van der Waals surface area contributed by atoms with E-state index in [2.05, 4.69) is 5.32 Å². The van der Waals surface area contributed by atoms with Gasteiger partial charge in [-0.1, -0.05) is 24.3 Å². The highest BCUT2D eigenvalue weighted by Crippen LogP contribution is 2.32. The Morgan fingerprint density at radius 3 is 2.44 bits per heavy atom. The lowest BCUT2D eigenvalue weighted by Crippen LogP contribution is -2.19. The zero-order chi connectivity index (χ0) is 17.6. The second-order valence-electron chi connectivity index (χ2n) is 5.49. The molecule has 0 unspecified atom stereocenters. The van der Waals surface area contributed by atoms with Gasteiger partial charge in [-0.25, -0.2) is 0 Å². The first kappa shape index (κ1) is 17.1. The largest absolute Gasteiger partial charge is 0.491 e. The predicted octanol–water partition coefficient (Wildman–Crippen LogP) is 2.28. The van der Waals surface area contributed by atoms with Crippen molar-refractivity contribution in [3.8, 4) is 16.9 Å². The van der Waals surface area contributed by atoms with Crippen LogP contribution in [-0.2, 0) is 9.47 Å². The van der Waals surface area contributed by atoms with E-state index in [1.165, 1.54) is 0 Å². The first-order valence-corrected chi connectivity index (χ1v) is 7.99. The van der Waals surface area contributed by atoms with Gasteiger partial charge in [0.1, 0.15) is 12.4 Å². The molecule has 1 N–H and O–H groups in total. The first-order chi connectivity index (χ1) is 12.2. The maximum Gasteiger partial charge on any atom is 0.258 e. The number of carbonyl (C=O) groups excluding carboxylic acids is 2. The predicted molar refractivity (Wildman–Crippen MR) is 91.9 cm³/mol. The van der Waals surface area contributed by atoms with E-state index in [1.54, 1.807) is 19.2 Å². The number of nitrogens with one attached hydrogen (secondary N) is 1.